The number of rotatable bonds is 5. The van der Waals surface area contributed by atoms with Crippen LogP contribution in [0.3, 0.4) is 0 Å². The maximum atomic E-state index is 13.4. The number of pyridine rings is 1. The molecule has 2 aromatic rings. The normalized spacial score (nSPS) is 26.6. The molecule has 4 nitrogen and oxygen atoms in total. The number of carbonyl (C=O) groups is 1. The molecule has 0 N–H and O–H groups in total. The highest BCUT2D eigenvalue weighted by atomic mass is 19.3. The van der Waals surface area contributed by atoms with Crippen LogP contribution in [0.4, 0.5) is 8.78 Å². The van der Waals surface area contributed by atoms with Crippen molar-refractivity contribution >= 4 is 16.9 Å². The Balaban J connectivity index is 1.24. The van der Waals surface area contributed by atoms with Crippen molar-refractivity contribution in [1.29, 1.82) is 0 Å². The number of ether oxygens (including phenoxy) is 2. The quantitative estimate of drug-likeness (QED) is 0.591. The van der Waals surface area contributed by atoms with Crippen LogP contribution in [0.15, 0.2) is 36.5 Å². The number of para-hydroxylation sites is 1. The summed E-state index contributed by atoms with van der Waals surface area (Å²) in [6.45, 7) is 0.394. The van der Waals surface area contributed by atoms with Crippen LogP contribution in [-0.4, -0.2) is 30.1 Å². The first-order valence-electron chi connectivity index (χ1n) is 9.08. The third-order valence-corrected chi connectivity index (χ3v) is 5.55. The lowest BCUT2D eigenvalue weighted by Crippen LogP contribution is -2.21. The maximum absolute atomic E-state index is 13.4. The molecular formula is C20H21F2NO3. The number of nitrogens with zero attached hydrogens (tertiary/aromatic N) is 1. The topological polar surface area (TPSA) is 48.4 Å². The lowest BCUT2D eigenvalue weighted by Gasteiger charge is -2.15. The molecule has 0 bridgehead atoms. The number of halogens is 2. The lowest BCUT2D eigenvalue weighted by atomic mass is 9.98. The molecule has 0 spiro atoms. The summed E-state index contributed by atoms with van der Waals surface area (Å²) >= 11 is 0. The molecule has 26 heavy (non-hydrogen) atoms. The van der Waals surface area contributed by atoms with E-state index in [9.17, 15) is 13.6 Å². The summed E-state index contributed by atoms with van der Waals surface area (Å²) in [7, 11) is 0. The van der Waals surface area contributed by atoms with Crippen molar-refractivity contribution in [2.75, 3.05) is 13.2 Å². The van der Waals surface area contributed by atoms with Crippen molar-refractivity contribution in [3.05, 3.63) is 36.5 Å². The van der Waals surface area contributed by atoms with E-state index in [1.165, 1.54) is 0 Å². The number of esters is 1. The van der Waals surface area contributed by atoms with Gasteiger partial charge in [0.1, 0.15) is 19.0 Å². The van der Waals surface area contributed by atoms with E-state index < -0.39 is 17.8 Å². The van der Waals surface area contributed by atoms with E-state index in [-0.39, 0.29) is 25.1 Å². The van der Waals surface area contributed by atoms with Crippen molar-refractivity contribution in [3.8, 4) is 5.75 Å². The minimum atomic E-state index is -2.50. The fraction of sp³-hybridized carbons (Fsp3) is 0.500. The Kier molecular flexibility index (Phi) is 4.51. The molecule has 2 fully saturated rings. The number of benzene rings is 1. The number of hydrogen-bond donors (Lipinski definition) is 0. The van der Waals surface area contributed by atoms with E-state index in [1.807, 2.05) is 24.3 Å². The fourth-order valence-corrected chi connectivity index (χ4v) is 4.00. The average molecular weight is 361 g/mol. The molecule has 1 heterocycles. The van der Waals surface area contributed by atoms with Gasteiger partial charge in [0, 0.05) is 23.4 Å². The van der Waals surface area contributed by atoms with E-state index >= 15 is 0 Å². The molecule has 138 valence electrons. The molecule has 0 aliphatic heterocycles. The maximum Gasteiger partial charge on any atom is 0.309 e. The van der Waals surface area contributed by atoms with Crippen LogP contribution >= 0.6 is 0 Å². The molecule has 2 aliphatic rings. The Morgan fingerprint density at radius 2 is 1.81 bits per heavy atom. The third-order valence-electron chi connectivity index (χ3n) is 5.55. The third kappa shape index (κ3) is 3.24. The molecule has 6 heteroatoms. The number of fused-ring (bicyclic) bond motifs is 2. The minimum absolute atomic E-state index is 0.148. The Hall–Kier alpha value is -2.24. The van der Waals surface area contributed by atoms with E-state index in [1.54, 1.807) is 12.3 Å². The van der Waals surface area contributed by atoms with Gasteiger partial charge in [-0.15, -0.1) is 0 Å². The van der Waals surface area contributed by atoms with E-state index in [2.05, 4.69) is 4.98 Å². The Morgan fingerprint density at radius 3 is 2.58 bits per heavy atom. The van der Waals surface area contributed by atoms with Gasteiger partial charge in [0.05, 0.1) is 11.4 Å². The van der Waals surface area contributed by atoms with Gasteiger partial charge >= 0.3 is 5.97 Å². The molecule has 1 aromatic carbocycles. The molecule has 0 radical (unpaired) electrons. The standard InChI is InChI=1S/C20H21F2NO3/c21-20(22)15-7-5-13(6-8-16(15)20)19(24)26-12-11-25-18-9-10-23-17-4-2-1-3-14(17)18/h1-4,9-10,13,15-16H,5-8,11-12H2. The zero-order valence-electron chi connectivity index (χ0n) is 14.4. The summed E-state index contributed by atoms with van der Waals surface area (Å²) in [4.78, 5) is 16.5. The van der Waals surface area contributed by atoms with Crippen LogP contribution in [0.25, 0.3) is 10.9 Å². The van der Waals surface area contributed by atoms with Crippen LogP contribution in [-0.2, 0) is 9.53 Å². The van der Waals surface area contributed by atoms with Crippen molar-refractivity contribution < 1.29 is 23.0 Å². The zero-order valence-corrected chi connectivity index (χ0v) is 14.4. The summed E-state index contributed by atoms with van der Waals surface area (Å²) in [5, 5.41) is 0.908. The summed E-state index contributed by atoms with van der Waals surface area (Å²) in [6, 6.07) is 9.44. The smallest absolute Gasteiger partial charge is 0.309 e. The van der Waals surface area contributed by atoms with Crippen LogP contribution in [0.1, 0.15) is 25.7 Å². The van der Waals surface area contributed by atoms with Crippen LogP contribution < -0.4 is 4.74 Å². The number of aromatic nitrogens is 1. The van der Waals surface area contributed by atoms with Crippen molar-refractivity contribution in [2.24, 2.45) is 17.8 Å². The summed E-state index contributed by atoms with van der Waals surface area (Å²) < 4.78 is 37.8. The van der Waals surface area contributed by atoms with E-state index in [4.69, 9.17) is 9.47 Å². The predicted molar refractivity (Wildman–Crippen MR) is 92.1 cm³/mol. The fourth-order valence-electron chi connectivity index (χ4n) is 4.00. The highest BCUT2D eigenvalue weighted by Gasteiger charge is 2.67. The zero-order chi connectivity index (χ0) is 18.1. The van der Waals surface area contributed by atoms with Crippen LogP contribution in [0.5, 0.6) is 5.75 Å². The predicted octanol–water partition coefficient (Wildman–Crippen LogP) is 4.23. The largest absolute Gasteiger partial charge is 0.489 e. The highest BCUT2D eigenvalue weighted by molar-refractivity contribution is 5.84. The summed E-state index contributed by atoms with van der Waals surface area (Å²) in [6.07, 6.45) is 3.49. The highest BCUT2D eigenvalue weighted by Crippen LogP contribution is 2.61. The molecule has 0 amide bonds. The van der Waals surface area contributed by atoms with Gasteiger partial charge < -0.3 is 9.47 Å². The monoisotopic (exact) mass is 361 g/mol. The van der Waals surface area contributed by atoms with Gasteiger partial charge in [-0.25, -0.2) is 8.78 Å². The first kappa shape index (κ1) is 17.2. The second-order valence-corrected chi connectivity index (χ2v) is 7.08. The van der Waals surface area contributed by atoms with Crippen molar-refractivity contribution in [1.82, 2.24) is 4.98 Å². The Labute approximate surface area is 150 Å². The molecule has 4 rings (SSSR count). The molecule has 1 aromatic heterocycles. The van der Waals surface area contributed by atoms with Gasteiger partial charge in [-0.2, -0.15) is 0 Å². The summed E-state index contributed by atoms with van der Waals surface area (Å²) in [5.41, 5.74) is 0.843. The molecule has 2 aliphatic carbocycles. The van der Waals surface area contributed by atoms with Gasteiger partial charge in [0.2, 0.25) is 0 Å². The number of alkyl halides is 2. The Morgan fingerprint density at radius 1 is 1.08 bits per heavy atom. The average Bonchev–Trinajstić information content (AvgIpc) is 3.27. The Bertz CT molecular complexity index is 789. The van der Waals surface area contributed by atoms with Gasteiger partial charge in [-0.1, -0.05) is 12.1 Å². The minimum Gasteiger partial charge on any atom is -0.489 e. The molecule has 2 unspecified atom stereocenters. The van der Waals surface area contributed by atoms with E-state index in [0.29, 0.717) is 31.4 Å². The second-order valence-electron chi connectivity index (χ2n) is 7.08. The molecule has 2 atom stereocenters. The molecular weight excluding hydrogens is 340 g/mol. The summed E-state index contributed by atoms with van der Waals surface area (Å²) in [5.74, 6) is -3.41. The number of carbonyl (C=O) groups excluding carboxylic acids is 1. The van der Waals surface area contributed by atoms with Gasteiger partial charge in [0.15, 0.2) is 0 Å². The first-order chi connectivity index (χ1) is 12.6. The molecule has 0 saturated heterocycles. The van der Waals surface area contributed by atoms with Gasteiger partial charge in [-0.3, -0.25) is 9.78 Å². The first-order valence-corrected chi connectivity index (χ1v) is 9.08. The second kappa shape index (κ2) is 6.82. The van der Waals surface area contributed by atoms with Gasteiger partial charge in [0.25, 0.3) is 5.92 Å². The number of hydrogen-bond acceptors (Lipinski definition) is 4. The lowest BCUT2D eigenvalue weighted by molar-refractivity contribution is -0.150. The van der Waals surface area contributed by atoms with Crippen LogP contribution in [0.2, 0.25) is 0 Å². The van der Waals surface area contributed by atoms with Crippen molar-refractivity contribution in [2.45, 2.75) is 31.6 Å². The SMILES string of the molecule is O=C(OCCOc1ccnc2ccccc12)C1CCC2C(CC1)C2(F)F. The van der Waals surface area contributed by atoms with Crippen molar-refractivity contribution in [3.63, 3.8) is 0 Å². The van der Waals surface area contributed by atoms with E-state index in [0.717, 1.165) is 10.9 Å². The van der Waals surface area contributed by atoms with Crippen LogP contribution in [0, 0.1) is 17.8 Å². The molecule has 2 saturated carbocycles. The van der Waals surface area contributed by atoms with Gasteiger partial charge in [-0.05, 0) is 43.9 Å².